The molecular weight excluding hydrogens is 378 g/mol. The Morgan fingerprint density at radius 1 is 0.643 bits per heavy atom. The quantitative estimate of drug-likeness (QED) is 0.453. The van der Waals surface area contributed by atoms with Crippen LogP contribution < -0.4 is 21.0 Å². The van der Waals surface area contributed by atoms with Gasteiger partial charge in [0.25, 0.3) is 0 Å². The second-order valence-corrected chi connectivity index (χ2v) is 11.0. The maximum Gasteiger partial charge on any atom is 0.0738 e. The van der Waals surface area contributed by atoms with Crippen LogP contribution in [0.2, 0.25) is 0 Å². The minimum Gasteiger partial charge on any atom is -0.280 e. The van der Waals surface area contributed by atoms with Crippen molar-refractivity contribution < 1.29 is 0 Å². The average Bonchev–Trinajstić information content (AvgIpc) is 2.76. The van der Waals surface area contributed by atoms with Crippen molar-refractivity contribution in [3.63, 3.8) is 0 Å². The van der Waals surface area contributed by atoms with Crippen molar-refractivity contribution in [3.05, 3.63) is 91.0 Å². The van der Waals surface area contributed by atoms with Gasteiger partial charge in [-0.2, -0.15) is 0 Å². The fourth-order valence-electron chi connectivity index (χ4n) is 3.14. The van der Waals surface area contributed by atoms with Crippen LogP contribution in [0.5, 0.6) is 0 Å². The Kier molecular flexibility index (Phi) is 8.65. The lowest BCUT2D eigenvalue weighted by molar-refractivity contribution is 0.672. The zero-order chi connectivity index (χ0) is 19.6. The standard InChI is InChI=1S/C24H30N2P2/c1-3-20-25-28(24-18-12-7-13-19-24)26(21-4-2)27(22-14-8-5-9-15-22)23-16-10-6-11-17-23/h5-19,25H,3-4,20-21H2,1-2H3. The molecule has 0 saturated heterocycles. The molecule has 0 heterocycles. The molecule has 0 aromatic heterocycles. The molecule has 0 amide bonds. The van der Waals surface area contributed by atoms with Crippen molar-refractivity contribution >= 4 is 32.2 Å². The SMILES string of the molecule is CCCNP(c1ccccc1)N(CCC)P(c1ccccc1)c1ccccc1. The first-order valence-electron chi connectivity index (χ1n) is 10.1. The second-order valence-electron chi connectivity index (χ2n) is 6.63. The zero-order valence-corrected chi connectivity index (χ0v) is 18.6. The zero-order valence-electron chi connectivity index (χ0n) is 16.8. The normalized spacial score (nSPS) is 12.4. The maximum atomic E-state index is 3.90. The first-order chi connectivity index (χ1) is 13.8. The van der Waals surface area contributed by atoms with E-state index in [2.05, 4.69) is 114 Å². The van der Waals surface area contributed by atoms with Crippen molar-refractivity contribution in [1.82, 2.24) is 9.53 Å². The van der Waals surface area contributed by atoms with Gasteiger partial charge in [-0.1, -0.05) is 105 Å². The molecule has 1 unspecified atom stereocenters. The number of benzene rings is 3. The summed E-state index contributed by atoms with van der Waals surface area (Å²) < 4.78 is 2.75. The molecular formula is C24H30N2P2. The van der Waals surface area contributed by atoms with Gasteiger partial charge in [0.1, 0.15) is 0 Å². The van der Waals surface area contributed by atoms with Gasteiger partial charge in [-0.3, -0.25) is 5.09 Å². The van der Waals surface area contributed by atoms with E-state index < -0.39 is 16.3 Å². The number of nitrogens with one attached hydrogen (secondary N) is 1. The Morgan fingerprint density at radius 3 is 1.54 bits per heavy atom. The topological polar surface area (TPSA) is 15.3 Å². The molecule has 3 aromatic rings. The molecule has 0 radical (unpaired) electrons. The lowest BCUT2D eigenvalue weighted by atomic mass is 10.4. The van der Waals surface area contributed by atoms with Crippen LogP contribution in [0.1, 0.15) is 26.7 Å². The monoisotopic (exact) mass is 408 g/mol. The third kappa shape index (κ3) is 5.49. The fourth-order valence-corrected chi connectivity index (χ4v) is 9.01. The minimum atomic E-state index is -0.605. The van der Waals surface area contributed by atoms with Crippen LogP contribution in [0, 0.1) is 0 Å². The van der Waals surface area contributed by atoms with Gasteiger partial charge in [0, 0.05) is 26.5 Å². The first-order valence-corrected chi connectivity index (χ1v) is 12.7. The van der Waals surface area contributed by atoms with Gasteiger partial charge in [0.15, 0.2) is 0 Å². The third-order valence-corrected chi connectivity index (χ3v) is 9.68. The van der Waals surface area contributed by atoms with Gasteiger partial charge < -0.3 is 0 Å². The van der Waals surface area contributed by atoms with Crippen LogP contribution >= 0.6 is 16.3 Å². The van der Waals surface area contributed by atoms with Gasteiger partial charge in [-0.05, 0) is 23.5 Å². The van der Waals surface area contributed by atoms with E-state index in [1.165, 1.54) is 15.9 Å². The highest BCUT2D eigenvalue weighted by molar-refractivity contribution is 7.81. The summed E-state index contributed by atoms with van der Waals surface area (Å²) >= 11 is 0. The largest absolute Gasteiger partial charge is 0.280 e. The van der Waals surface area contributed by atoms with Gasteiger partial charge >= 0.3 is 0 Å². The van der Waals surface area contributed by atoms with Gasteiger partial charge in [-0.25, -0.2) is 4.44 Å². The van der Waals surface area contributed by atoms with E-state index in [-0.39, 0.29) is 0 Å². The van der Waals surface area contributed by atoms with Crippen LogP contribution in [0.4, 0.5) is 0 Å². The molecule has 1 atom stereocenters. The fraction of sp³-hybridized carbons (Fsp3) is 0.250. The Bertz CT molecular complexity index is 757. The minimum absolute atomic E-state index is 0.600. The van der Waals surface area contributed by atoms with E-state index >= 15 is 0 Å². The van der Waals surface area contributed by atoms with E-state index in [4.69, 9.17) is 0 Å². The second kappa shape index (κ2) is 11.4. The Labute approximate surface area is 172 Å². The molecule has 0 saturated carbocycles. The first kappa shape index (κ1) is 21.2. The number of rotatable bonds is 10. The molecule has 0 spiro atoms. The Balaban J connectivity index is 2.08. The summed E-state index contributed by atoms with van der Waals surface area (Å²) in [6.07, 6.45) is 2.28. The highest BCUT2D eigenvalue weighted by atomic mass is 31.2. The Hall–Kier alpha value is -1.56. The van der Waals surface area contributed by atoms with Crippen molar-refractivity contribution in [2.24, 2.45) is 0 Å². The lowest BCUT2D eigenvalue weighted by Crippen LogP contribution is -2.33. The summed E-state index contributed by atoms with van der Waals surface area (Å²) in [4.78, 5) is 0. The van der Waals surface area contributed by atoms with Gasteiger partial charge in [-0.15, -0.1) is 0 Å². The molecule has 28 heavy (non-hydrogen) atoms. The van der Waals surface area contributed by atoms with Crippen LogP contribution in [0.15, 0.2) is 91.0 Å². The van der Waals surface area contributed by atoms with Crippen molar-refractivity contribution in [2.45, 2.75) is 26.7 Å². The summed E-state index contributed by atoms with van der Waals surface area (Å²) in [5.74, 6) is 0. The highest BCUT2D eigenvalue weighted by Gasteiger charge is 2.29. The van der Waals surface area contributed by atoms with Crippen LogP contribution in [-0.2, 0) is 0 Å². The van der Waals surface area contributed by atoms with Gasteiger partial charge in [0.05, 0.1) is 8.22 Å². The predicted molar refractivity (Wildman–Crippen MR) is 127 cm³/mol. The van der Waals surface area contributed by atoms with E-state index in [1.807, 2.05) is 0 Å². The van der Waals surface area contributed by atoms with Crippen molar-refractivity contribution in [2.75, 3.05) is 13.1 Å². The Morgan fingerprint density at radius 2 is 1.11 bits per heavy atom. The van der Waals surface area contributed by atoms with Crippen molar-refractivity contribution in [1.29, 1.82) is 0 Å². The van der Waals surface area contributed by atoms with Crippen LogP contribution in [0.25, 0.3) is 0 Å². The molecule has 0 bridgehead atoms. The average molecular weight is 408 g/mol. The molecule has 0 aliphatic carbocycles. The van der Waals surface area contributed by atoms with E-state index in [0.29, 0.717) is 0 Å². The smallest absolute Gasteiger partial charge is 0.0738 e. The molecule has 146 valence electrons. The van der Waals surface area contributed by atoms with Crippen LogP contribution in [0.3, 0.4) is 0 Å². The molecule has 0 aliphatic rings. The summed E-state index contributed by atoms with van der Waals surface area (Å²) in [5.41, 5.74) is 0. The molecule has 3 rings (SSSR count). The van der Waals surface area contributed by atoms with E-state index in [9.17, 15) is 0 Å². The molecule has 4 heteroatoms. The number of hydrogen-bond donors (Lipinski definition) is 1. The molecule has 0 aliphatic heterocycles. The van der Waals surface area contributed by atoms with Crippen LogP contribution in [-0.4, -0.2) is 17.5 Å². The third-order valence-electron chi connectivity index (χ3n) is 4.40. The summed E-state index contributed by atoms with van der Waals surface area (Å²) in [7, 11) is -1.21. The predicted octanol–water partition coefficient (Wildman–Crippen LogP) is 5.38. The van der Waals surface area contributed by atoms with Gasteiger partial charge in [0.2, 0.25) is 0 Å². The molecule has 2 nitrogen and oxygen atoms in total. The molecule has 0 fully saturated rings. The summed E-state index contributed by atoms with van der Waals surface area (Å²) in [5, 5.41) is 8.13. The maximum absolute atomic E-state index is 3.90. The lowest BCUT2D eigenvalue weighted by Gasteiger charge is -2.38. The highest BCUT2D eigenvalue weighted by Crippen LogP contribution is 2.52. The molecule has 3 aromatic carbocycles. The summed E-state index contributed by atoms with van der Waals surface area (Å²) in [6.45, 7) is 6.64. The van der Waals surface area contributed by atoms with E-state index in [1.54, 1.807) is 0 Å². The van der Waals surface area contributed by atoms with E-state index in [0.717, 1.165) is 25.9 Å². The summed E-state index contributed by atoms with van der Waals surface area (Å²) in [6, 6.07) is 33.1. The molecule has 1 N–H and O–H groups in total. The van der Waals surface area contributed by atoms with Crippen molar-refractivity contribution in [3.8, 4) is 0 Å². The number of nitrogens with zero attached hydrogens (tertiary/aromatic N) is 1. The number of hydrogen-bond acceptors (Lipinski definition) is 2.